The van der Waals surface area contributed by atoms with Gasteiger partial charge in [-0.2, -0.15) is 0 Å². The van der Waals surface area contributed by atoms with Crippen molar-refractivity contribution in [1.82, 2.24) is 9.97 Å². The van der Waals surface area contributed by atoms with Crippen molar-refractivity contribution in [3.63, 3.8) is 0 Å². The number of nitrogens with zero attached hydrogens (tertiary/aromatic N) is 2. The van der Waals surface area contributed by atoms with E-state index in [4.69, 9.17) is 0 Å². The Morgan fingerprint density at radius 1 is 1.00 bits per heavy atom. The number of aromatic nitrogens is 2. The molecule has 0 saturated carbocycles. The van der Waals surface area contributed by atoms with Crippen LogP contribution in [0, 0.1) is 5.82 Å². The summed E-state index contributed by atoms with van der Waals surface area (Å²) in [5.74, 6) is -1.49. The highest BCUT2D eigenvalue weighted by Crippen LogP contribution is 2.31. The van der Waals surface area contributed by atoms with Crippen molar-refractivity contribution in [2.24, 2.45) is 0 Å². The van der Waals surface area contributed by atoms with Crippen LogP contribution in [0.1, 0.15) is 0 Å². The third-order valence-corrected chi connectivity index (χ3v) is 2.00. The average Bonchev–Trinajstić information content (AvgIpc) is 2.29. The largest absolute Gasteiger partial charge is 0.574 e. The second-order valence-electron chi connectivity index (χ2n) is 3.24. The van der Waals surface area contributed by atoms with Gasteiger partial charge in [-0.3, -0.25) is 4.98 Å². The van der Waals surface area contributed by atoms with Crippen LogP contribution in [0.15, 0.2) is 36.7 Å². The number of ether oxygens (including phenoxy) is 1. The number of hydrogen-bond acceptors (Lipinski definition) is 3. The molecule has 0 amide bonds. The van der Waals surface area contributed by atoms with Gasteiger partial charge in [0, 0.05) is 12.4 Å². The summed E-state index contributed by atoms with van der Waals surface area (Å²) in [6.45, 7) is 0. The Morgan fingerprint density at radius 2 is 1.67 bits per heavy atom. The van der Waals surface area contributed by atoms with E-state index in [2.05, 4.69) is 14.7 Å². The zero-order chi connectivity index (χ0) is 13.2. The Kier molecular flexibility index (Phi) is 3.14. The predicted octanol–water partition coefficient (Wildman–Crippen LogP) is 3.18. The van der Waals surface area contributed by atoms with Crippen LogP contribution in [0.3, 0.4) is 0 Å². The third-order valence-electron chi connectivity index (χ3n) is 2.00. The van der Waals surface area contributed by atoms with Crippen molar-refractivity contribution in [2.75, 3.05) is 0 Å². The van der Waals surface area contributed by atoms with Gasteiger partial charge in [-0.15, -0.1) is 13.2 Å². The van der Waals surface area contributed by atoms with Gasteiger partial charge in [0.05, 0.1) is 5.56 Å². The van der Waals surface area contributed by atoms with Gasteiger partial charge in [-0.1, -0.05) is 0 Å². The van der Waals surface area contributed by atoms with Crippen LogP contribution in [0.25, 0.3) is 11.3 Å². The highest BCUT2D eigenvalue weighted by atomic mass is 19.4. The van der Waals surface area contributed by atoms with E-state index in [9.17, 15) is 17.6 Å². The zero-order valence-corrected chi connectivity index (χ0v) is 8.78. The van der Waals surface area contributed by atoms with E-state index in [-0.39, 0.29) is 11.3 Å². The van der Waals surface area contributed by atoms with E-state index in [1.54, 1.807) is 0 Å². The summed E-state index contributed by atoms with van der Waals surface area (Å²) >= 11 is 0. The Morgan fingerprint density at radius 3 is 2.33 bits per heavy atom. The van der Waals surface area contributed by atoms with Crippen LogP contribution in [-0.4, -0.2) is 16.3 Å². The summed E-state index contributed by atoms with van der Waals surface area (Å²) in [7, 11) is 0. The molecule has 0 aliphatic heterocycles. The van der Waals surface area contributed by atoms with Crippen molar-refractivity contribution in [1.29, 1.82) is 0 Å². The smallest absolute Gasteiger partial charge is 0.387 e. The molecule has 3 nitrogen and oxygen atoms in total. The molecule has 2 aromatic rings. The SMILES string of the molecule is Fc1cccnc1-c1cccnc1OC(F)(F)F. The van der Waals surface area contributed by atoms with E-state index in [1.807, 2.05) is 0 Å². The minimum atomic E-state index is -4.89. The summed E-state index contributed by atoms with van der Waals surface area (Å²) in [5.41, 5.74) is -0.405. The first kappa shape index (κ1) is 12.3. The molecule has 0 aromatic carbocycles. The summed E-state index contributed by atoms with van der Waals surface area (Å²) in [6.07, 6.45) is -2.51. The molecule has 0 aliphatic carbocycles. The van der Waals surface area contributed by atoms with Gasteiger partial charge in [0.1, 0.15) is 11.5 Å². The van der Waals surface area contributed by atoms with E-state index in [1.165, 1.54) is 24.4 Å². The third kappa shape index (κ3) is 2.73. The maximum atomic E-state index is 13.5. The maximum Gasteiger partial charge on any atom is 0.574 e. The molecule has 18 heavy (non-hydrogen) atoms. The molecule has 0 atom stereocenters. The maximum absolute atomic E-state index is 13.5. The highest BCUT2D eigenvalue weighted by Gasteiger charge is 2.33. The molecule has 0 unspecified atom stereocenters. The average molecular weight is 258 g/mol. The molecule has 0 radical (unpaired) electrons. The number of pyridine rings is 2. The summed E-state index contributed by atoms with van der Waals surface area (Å²) in [6, 6.07) is 5.04. The van der Waals surface area contributed by atoms with E-state index in [0.29, 0.717) is 0 Å². The molecule has 94 valence electrons. The van der Waals surface area contributed by atoms with Crippen molar-refractivity contribution in [3.05, 3.63) is 42.5 Å². The van der Waals surface area contributed by atoms with Crippen molar-refractivity contribution < 1.29 is 22.3 Å². The quantitative estimate of drug-likeness (QED) is 0.776. The lowest BCUT2D eigenvalue weighted by Crippen LogP contribution is -2.18. The van der Waals surface area contributed by atoms with E-state index < -0.39 is 18.1 Å². The normalized spacial score (nSPS) is 11.3. The predicted molar refractivity (Wildman–Crippen MR) is 54.1 cm³/mol. The molecule has 2 aromatic heterocycles. The van der Waals surface area contributed by atoms with Gasteiger partial charge < -0.3 is 4.74 Å². The second kappa shape index (κ2) is 4.59. The monoisotopic (exact) mass is 258 g/mol. The lowest BCUT2D eigenvalue weighted by Gasteiger charge is -2.11. The van der Waals surface area contributed by atoms with Crippen molar-refractivity contribution in [3.8, 4) is 17.1 Å². The molecular weight excluding hydrogens is 252 g/mol. The molecule has 0 saturated heterocycles. The second-order valence-corrected chi connectivity index (χ2v) is 3.24. The lowest BCUT2D eigenvalue weighted by molar-refractivity contribution is -0.275. The summed E-state index contributed by atoms with van der Waals surface area (Å²) in [4.78, 5) is 7.11. The Hall–Kier alpha value is -2.18. The fourth-order valence-corrected chi connectivity index (χ4v) is 1.35. The minimum absolute atomic E-state index is 0.159. The Bertz CT molecular complexity index is 557. The summed E-state index contributed by atoms with van der Waals surface area (Å²) < 4.78 is 53.7. The molecule has 7 heteroatoms. The minimum Gasteiger partial charge on any atom is -0.387 e. The van der Waals surface area contributed by atoms with Crippen molar-refractivity contribution >= 4 is 0 Å². The van der Waals surface area contributed by atoms with Crippen molar-refractivity contribution in [2.45, 2.75) is 6.36 Å². The van der Waals surface area contributed by atoms with Gasteiger partial charge in [0.2, 0.25) is 5.88 Å². The van der Waals surface area contributed by atoms with E-state index >= 15 is 0 Å². The molecule has 0 fully saturated rings. The standard InChI is InChI=1S/C11H6F4N2O/c12-8-4-2-5-16-9(8)7-3-1-6-17-10(7)18-11(13,14)15/h1-6H. The first-order valence-corrected chi connectivity index (χ1v) is 4.79. The first-order valence-electron chi connectivity index (χ1n) is 4.79. The topological polar surface area (TPSA) is 35.0 Å². The number of hydrogen-bond donors (Lipinski definition) is 0. The van der Waals surface area contributed by atoms with Crippen LogP contribution < -0.4 is 4.74 Å². The zero-order valence-electron chi connectivity index (χ0n) is 8.78. The number of alkyl halides is 3. The fourth-order valence-electron chi connectivity index (χ4n) is 1.35. The van der Waals surface area contributed by atoms with Gasteiger partial charge >= 0.3 is 6.36 Å². The van der Waals surface area contributed by atoms with Crippen LogP contribution >= 0.6 is 0 Å². The molecule has 0 aliphatic rings. The number of halogens is 4. The van der Waals surface area contributed by atoms with Crippen LogP contribution in [0.2, 0.25) is 0 Å². The molecule has 0 N–H and O–H groups in total. The first-order chi connectivity index (χ1) is 8.47. The molecule has 2 rings (SSSR count). The number of rotatable bonds is 2. The van der Waals surface area contributed by atoms with Gasteiger partial charge in [-0.05, 0) is 24.3 Å². The van der Waals surface area contributed by atoms with E-state index in [0.717, 1.165) is 12.3 Å². The van der Waals surface area contributed by atoms with Gasteiger partial charge in [0.15, 0.2) is 0 Å². The van der Waals surface area contributed by atoms with Gasteiger partial charge in [-0.25, -0.2) is 9.37 Å². The van der Waals surface area contributed by atoms with Crippen LogP contribution in [0.4, 0.5) is 17.6 Å². The Labute approximate surface area is 99.1 Å². The van der Waals surface area contributed by atoms with Gasteiger partial charge in [0.25, 0.3) is 0 Å². The molecule has 0 bridgehead atoms. The molecule has 0 spiro atoms. The van der Waals surface area contributed by atoms with Crippen LogP contribution in [0.5, 0.6) is 5.88 Å². The lowest BCUT2D eigenvalue weighted by atomic mass is 10.2. The van der Waals surface area contributed by atoms with Crippen LogP contribution in [-0.2, 0) is 0 Å². The fraction of sp³-hybridized carbons (Fsp3) is 0.0909. The molecule has 2 heterocycles. The Balaban J connectivity index is 2.49. The summed E-state index contributed by atoms with van der Waals surface area (Å²) in [5, 5.41) is 0. The highest BCUT2D eigenvalue weighted by molar-refractivity contribution is 5.65. The molecular formula is C11H6F4N2O.